The molecule has 5 rings (SSSR count). The zero-order valence-electron chi connectivity index (χ0n) is 19.2. The van der Waals surface area contributed by atoms with Crippen molar-refractivity contribution in [1.29, 1.82) is 0 Å². The number of aliphatic hydroxyl groups is 1. The van der Waals surface area contributed by atoms with Crippen molar-refractivity contribution in [3.63, 3.8) is 0 Å². The number of ketones is 1. The Kier molecular flexibility index (Phi) is 5.78. The summed E-state index contributed by atoms with van der Waals surface area (Å²) in [5.74, 6) is -0.331. The van der Waals surface area contributed by atoms with Crippen LogP contribution in [0.4, 0.5) is 0 Å². The van der Waals surface area contributed by atoms with Crippen LogP contribution in [0.15, 0.2) is 87.1 Å². The second-order valence-corrected chi connectivity index (χ2v) is 8.00. The van der Waals surface area contributed by atoms with E-state index in [1.165, 1.54) is 18.3 Å². The number of carbonyl (C=O) groups is 2. The molecule has 1 aliphatic rings. The summed E-state index contributed by atoms with van der Waals surface area (Å²) < 4.78 is 22.2. The first-order chi connectivity index (χ1) is 17.0. The summed E-state index contributed by atoms with van der Waals surface area (Å²) in [4.78, 5) is 28.3. The first kappa shape index (κ1) is 22.3. The molecule has 178 valence electrons. The molecular formula is C27H23NO7. The van der Waals surface area contributed by atoms with Gasteiger partial charge in [0.25, 0.3) is 5.91 Å². The molecule has 0 saturated heterocycles. The third-order valence-corrected chi connectivity index (χ3v) is 5.89. The molecule has 2 aromatic heterocycles. The number of carbonyl (C=O) groups excluding carboxylic acids is 2. The summed E-state index contributed by atoms with van der Waals surface area (Å²) in [6.45, 7) is 2.38. The maximum absolute atomic E-state index is 13.7. The van der Waals surface area contributed by atoms with E-state index in [1.54, 1.807) is 60.7 Å². The molecule has 1 amide bonds. The van der Waals surface area contributed by atoms with Crippen LogP contribution in [0.2, 0.25) is 0 Å². The Morgan fingerprint density at radius 2 is 1.94 bits per heavy atom. The van der Waals surface area contributed by atoms with Crippen molar-refractivity contribution in [2.75, 3.05) is 13.7 Å². The van der Waals surface area contributed by atoms with Gasteiger partial charge in [-0.25, -0.2) is 0 Å². The van der Waals surface area contributed by atoms with E-state index in [4.69, 9.17) is 18.3 Å². The van der Waals surface area contributed by atoms with Crippen LogP contribution in [-0.4, -0.2) is 35.4 Å². The highest BCUT2D eigenvalue weighted by Crippen LogP contribution is 2.41. The van der Waals surface area contributed by atoms with Crippen LogP contribution >= 0.6 is 0 Å². The van der Waals surface area contributed by atoms with Gasteiger partial charge in [0.2, 0.25) is 5.78 Å². The molecule has 0 spiro atoms. The zero-order chi connectivity index (χ0) is 24.5. The lowest BCUT2D eigenvalue weighted by atomic mass is 9.94. The maximum Gasteiger partial charge on any atom is 0.290 e. The van der Waals surface area contributed by atoms with Gasteiger partial charge in [0.15, 0.2) is 22.9 Å². The van der Waals surface area contributed by atoms with Crippen molar-refractivity contribution >= 4 is 22.7 Å². The second kappa shape index (κ2) is 9.06. The highest BCUT2D eigenvalue weighted by atomic mass is 16.5. The number of para-hydroxylation sites is 1. The molecule has 0 aliphatic carbocycles. The Labute approximate surface area is 201 Å². The smallest absolute Gasteiger partial charge is 0.290 e. The number of ether oxygens (including phenoxy) is 2. The number of hydrogen-bond acceptors (Lipinski definition) is 7. The van der Waals surface area contributed by atoms with Crippen molar-refractivity contribution in [3.8, 4) is 11.5 Å². The van der Waals surface area contributed by atoms with Gasteiger partial charge in [0, 0.05) is 5.39 Å². The van der Waals surface area contributed by atoms with Crippen LogP contribution in [-0.2, 0) is 11.3 Å². The second-order valence-electron chi connectivity index (χ2n) is 8.00. The Balaban J connectivity index is 1.61. The summed E-state index contributed by atoms with van der Waals surface area (Å²) in [5, 5.41) is 11.6. The number of benzene rings is 2. The normalized spacial score (nSPS) is 15.8. The van der Waals surface area contributed by atoms with Crippen LogP contribution in [0.1, 0.15) is 34.8 Å². The molecule has 4 aromatic rings. The van der Waals surface area contributed by atoms with Crippen molar-refractivity contribution in [2.24, 2.45) is 0 Å². The molecule has 1 N–H and O–H groups in total. The molecule has 1 aliphatic heterocycles. The van der Waals surface area contributed by atoms with Gasteiger partial charge in [-0.3, -0.25) is 9.59 Å². The van der Waals surface area contributed by atoms with Gasteiger partial charge in [0.05, 0.1) is 38.1 Å². The lowest BCUT2D eigenvalue weighted by Gasteiger charge is -2.26. The Hall–Kier alpha value is -4.46. The molecule has 3 heterocycles. The third-order valence-electron chi connectivity index (χ3n) is 5.89. The molecule has 1 unspecified atom stereocenters. The lowest BCUT2D eigenvalue weighted by molar-refractivity contribution is -0.130. The predicted octanol–water partition coefficient (Wildman–Crippen LogP) is 5.21. The highest BCUT2D eigenvalue weighted by molar-refractivity contribution is 6.16. The van der Waals surface area contributed by atoms with Crippen LogP contribution in [0.5, 0.6) is 11.5 Å². The molecule has 0 saturated carbocycles. The molecule has 8 heteroatoms. The Morgan fingerprint density at radius 3 is 2.69 bits per heavy atom. The summed E-state index contributed by atoms with van der Waals surface area (Å²) in [6, 6.07) is 16.5. The van der Waals surface area contributed by atoms with E-state index >= 15 is 0 Å². The minimum absolute atomic E-state index is 0.00957. The molecule has 8 nitrogen and oxygen atoms in total. The summed E-state index contributed by atoms with van der Waals surface area (Å²) in [5.41, 5.74) is 0.940. The van der Waals surface area contributed by atoms with Crippen molar-refractivity contribution in [2.45, 2.75) is 19.5 Å². The topological polar surface area (TPSA) is 102 Å². The molecule has 0 fully saturated rings. The molecule has 0 radical (unpaired) electrons. The summed E-state index contributed by atoms with van der Waals surface area (Å²) >= 11 is 0. The largest absolute Gasteiger partial charge is 0.503 e. The lowest BCUT2D eigenvalue weighted by Crippen LogP contribution is -2.30. The first-order valence-corrected chi connectivity index (χ1v) is 11.1. The molecular weight excluding hydrogens is 450 g/mol. The van der Waals surface area contributed by atoms with E-state index in [-0.39, 0.29) is 17.9 Å². The molecule has 2 aromatic carbocycles. The minimum Gasteiger partial charge on any atom is -0.503 e. The van der Waals surface area contributed by atoms with Crippen LogP contribution in [0, 0.1) is 0 Å². The van der Waals surface area contributed by atoms with E-state index in [9.17, 15) is 14.7 Å². The van der Waals surface area contributed by atoms with Gasteiger partial charge in [-0.1, -0.05) is 24.3 Å². The number of rotatable bonds is 8. The number of fused-ring (bicyclic) bond motifs is 1. The quantitative estimate of drug-likeness (QED) is 0.350. The fourth-order valence-corrected chi connectivity index (χ4v) is 4.35. The summed E-state index contributed by atoms with van der Waals surface area (Å²) in [6.07, 6.45) is 1.50. The van der Waals surface area contributed by atoms with E-state index in [0.29, 0.717) is 40.4 Å². The molecule has 35 heavy (non-hydrogen) atoms. The fourth-order valence-electron chi connectivity index (χ4n) is 4.35. The fraction of sp³-hybridized carbons (Fsp3) is 0.185. The van der Waals surface area contributed by atoms with Crippen molar-refractivity contribution in [1.82, 2.24) is 4.90 Å². The number of Topliss-reactive ketones (excluding diaryl/α,β-unsaturated/α-hetero) is 1. The Morgan fingerprint density at radius 1 is 1.11 bits per heavy atom. The number of aliphatic hydroxyl groups excluding tert-OH is 1. The standard InChI is InChI=1S/C27H23NO7/c1-3-33-18-9-4-7-16(13-18)23-22(25(30)27(31)28(23)15-19-10-6-12-34-19)24(29)21-14-17-8-5-11-20(32-2)26(17)35-21/h4-14,23,30H,3,15H2,1-2H3. The number of methoxy groups -OCH3 is 1. The van der Waals surface area contributed by atoms with E-state index < -0.39 is 23.5 Å². The molecule has 1 atom stereocenters. The first-order valence-electron chi connectivity index (χ1n) is 11.1. The van der Waals surface area contributed by atoms with Gasteiger partial charge in [-0.05, 0) is 48.9 Å². The van der Waals surface area contributed by atoms with Gasteiger partial charge in [-0.15, -0.1) is 0 Å². The third kappa shape index (κ3) is 3.93. The van der Waals surface area contributed by atoms with E-state index in [0.717, 1.165) is 0 Å². The van der Waals surface area contributed by atoms with E-state index in [1.807, 2.05) is 6.92 Å². The number of hydrogen-bond donors (Lipinski definition) is 1. The average Bonchev–Trinajstić information content (AvgIpc) is 3.59. The van der Waals surface area contributed by atoms with Crippen LogP contribution in [0.25, 0.3) is 11.0 Å². The van der Waals surface area contributed by atoms with Gasteiger partial charge >= 0.3 is 0 Å². The van der Waals surface area contributed by atoms with Crippen LogP contribution in [0.3, 0.4) is 0 Å². The van der Waals surface area contributed by atoms with Crippen LogP contribution < -0.4 is 9.47 Å². The average molecular weight is 473 g/mol. The van der Waals surface area contributed by atoms with Crippen molar-refractivity contribution in [3.05, 3.63) is 95.3 Å². The number of furan rings is 2. The van der Waals surface area contributed by atoms with Gasteiger partial charge in [0.1, 0.15) is 11.5 Å². The summed E-state index contributed by atoms with van der Waals surface area (Å²) in [7, 11) is 1.51. The van der Waals surface area contributed by atoms with Gasteiger partial charge in [-0.2, -0.15) is 0 Å². The zero-order valence-corrected chi connectivity index (χ0v) is 19.2. The predicted molar refractivity (Wildman–Crippen MR) is 126 cm³/mol. The number of amides is 1. The van der Waals surface area contributed by atoms with E-state index in [2.05, 4.69) is 0 Å². The Bertz CT molecular complexity index is 1430. The highest BCUT2D eigenvalue weighted by Gasteiger charge is 2.45. The SMILES string of the molecule is CCOc1cccc(C2C(C(=O)c3cc4cccc(OC)c4o3)=C(O)C(=O)N2Cc2ccco2)c1. The monoisotopic (exact) mass is 473 g/mol. The van der Waals surface area contributed by atoms with Gasteiger partial charge < -0.3 is 28.3 Å². The van der Waals surface area contributed by atoms with Crippen molar-refractivity contribution < 1.29 is 33.0 Å². The maximum atomic E-state index is 13.7. The minimum atomic E-state index is -0.879. The molecule has 0 bridgehead atoms. The number of nitrogens with zero attached hydrogens (tertiary/aromatic N) is 1.